The Morgan fingerprint density at radius 3 is 2.60 bits per heavy atom. The summed E-state index contributed by atoms with van der Waals surface area (Å²) in [5.74, 6) is -0.423. The van der Waals surface area contributed by atoms with E-state index >= 15 is 0 Å². The lowest BCUT2D eigenvalue weighted by Crippen LogP contribution is -2.28. The van der Waals surface area contributed by atoms with Crippen LogP contribution in [0, 0.1) is 0 Å². The summed E-state index contributed by atoms with van der Waals surface area (Å²) in [5.41, 5.74) is 7.08. The average molecular weight is 440 g/mol. The first-order valence-corrected chi connectivity index (χ1v) is 10.4. The van der Waals surface area contributed by atoms with Crippen LogP contribution in [-0.4, -0.2) is 31.3 Å². The second-order valence-electron chi connectivity index (χ2n) is 6.81. The molecule has 1 aliphatic rings. The Labute approximate surface area is 171 Å². The third-order valence-electron chi connectivity index (χ3n) is 4.62. The number of carbonyl (C=O) groups excluding carboxylic acids is 1. The molecule has 0 saturated carbocycles. The number of halogens is 3. The number of hydrogen-bond donors (Lipinski definition) is 1. The third kappa shape index (κ3) is 4.65. The molecule has 6 nitrogen and oxygen atoms in total. The third-order valence-corrected chi connectivity index (χ3v) is 6.51. The van der Waals surface area contributed by atoms with Gasteiger partial charge < -0.3 is 20.2 Å². The Hall–Kier alpha value is -2.85. The SMILES string of the molecule is CC(N)S(=O)(=O)c1cccc(CN2C=Cc3ccc(OC(F)(F)F)cc3C2C=O)c1. The number of hydrogen-bond acceptors (Lipinski definition) is 6. The molecular formula is C20H19F3N2O4S. The van der Waals surface area contributed by atoms with Crippen LogP contribution in [0.15, 0.2) is 53.6 Å². The minimum atomic E-state index is -4.85. The van der Waals surface area contributed by atoms with Crippen molar-refractivity contribution in [3.63, 3.8) is 0 Å². The Morgan fingerprint density at radius 2 is 1.97 bits per heavy atom. The normalized spacial score (nSPS) is 17.4. The molecule has 3 rings (SSSR count). The van der Waals surface area contributed by atoms with Gasteiger partial charge in [0.25, 0.3) is 0 Å². The van der Waals surface area contributed by atoms with Crippen LogP contribution >= 0.6 is 0 Å². The first kappa shape index (κ1) is 21.8. The summed E-state index contributed by atoms with van der Waals surface area (Å²) in [5, 5.41) is -1.08. The first-order valence-electron chi connectivity index (χ1n) is 8.88. The van der Waals surface area contributed by atoms with Crippen LogP contribution in [0.2, 0.25) is 0 Å². The monoisotopic (exact) mass is 440 g/mol. The minimum absolute atomic E-state index is 0.0555. The number of rotatable bonds is 6. The molecule has 1 heterocycles. The number of ether oxygens (including phenoxy) is 1. The molecule has 0 amide bonds. The molecule has 30 heavy (non-hydrogen) atoms. The van der Waals surface area contributed by atoms with Gasteiger partial charge in [0, 0.05) is 12.7 Å². The van der Waals surface area contributed by atoms with Crippen molar-refractivity contribution in [3.8, 4) is 5.75 Å². The maximum atomic E-state index is 12.5. The first-order chi connectivity index (χ1) is 14.0. The van der Waals surface area contributed by atoms with Crippen LogP contribution in [0.5, 0.6) is 5.75 Å². The average Bonchev–Trinajstić information content (AvgIpc) is 2.66. The van der Waals surface area contributed by atoms with E-state index in [1.54, 1.807) is 29.3 Å². The fourth-order valence-electron chi connectivity index (χ4n) is 3.15. The van der Waals surface area contributed by atoms with Gasteiger partial charge in [0.2, 0.25) is 0 Å². The molecule has 0 aliphatic carbocycles. The highest BCUT2D eigenvalue weighted by molar-refractivity contribution is 7.92. The molecule has 0 saturated heterocycles. The Bertz CT molecular complexity index is 1080. The maximum absolute atomic E-state index is 12.5. The van der Waals surface area contributed by atoms with E-state index in [9.17, 15) is 26.4 Å². The van der Waals surface area contributed by atoms with Gasteiger partial charge >= 0.3 is 6.36 Å². The number of fused-ring (bicyclic) bond motifs is 1. The molecule has 0 bridgehead atoms. The van der Waals surface area contributed by atoms with Gasteiger partial charge in [-0.3, -0.25) is 0 Å². The number of alkyl halides is 3. The van der Waals surface area contributed by atoms with Crippen LogP contribution in [0.3, 0.4) is 0 Å². The molecule has 160 valence electrons. The van der Waals surface area contributed by atoms with Crippen molar-refractivity contribution in [3.05, 3.63) is 65.4 Å². The zero-order chi connectivity index (χ0) is 22.1. The molecule has 0 fully saturated rings. The number of nitrogens with zero attached hydrogens (tertiary/aromatic N) is 1. The number of carbonyl (C=O) groups is 1. The van der Waals surface area contributed by atoms with Crippen molar-refractivity contribution in [2.24, 2.45) is 5.73 Å². The molecule has 2 aromatic rings. The molecule has 0 aromatic heterocycles. The van der Waals surface area contributed by atoms with Crippen LogP contribution < -0.4 is 10.5 Å². The fourth-order valence-corrected chi connectivity index (χ4v) is 4.17. The van der Waals surface area contributed by atoms with Gasteiger partial charge in [0.1, 0.15) is 23.5 Å². The summed E-state index contributed by atoms with van der Waals surface area (Å²) in [6, 6.07) is 9.08. The highest BCUT2D eigenvalue weighted by atomic mass is 32.2. The molecule has 10 heteroatoms. The van der Waals surface area contributed by atoms with Gasteiger partial charge in [-0.05, 0) is 54.0 Å². The van der Waals surface area contributed by atoms with E-state index in [0.29, 0.717) is 23.0 Å². The van der Waals surface area contributed by atoms with Crippen LogP contribution in [0.4, 0.5) is 13.2 Å². The summed E-state index contributed by atoms with van der Waals surface area (Å²) in [7, 11) is -3.68. The van der Waals surface area contributed by atoms with Gasteiger partial charge in [-0.2, -0.15) is 0 Å². The summed E-state index contributed by atoms with van der Waals surface area (Å²) in [4.78, 5) is 13.4. The minimum Gasteiger partial charge on any atom is -0.406 e. The largest absolute Gasteiger partial charge is 0.573 e. The lowest BCUT2D eigenvalue weighted by atomic mass is 9.96. The topological polar surface area (TPSA) is 89.7 Å². The van der Waals surface area contributed by atoms with E-state index < -0.39 is 33.4 Å². The van der Waals surface area contributed by atoms with Gasteiger partial charge in [-0.25, -0.2) is 8.42 Å². The molecule has 2 unspecified atom stereocenters. The highest BCUT2D eigenvalue weighted by Gasteiger charge is 2.32. The quantitative estimate of drug-likeness (QED) is 0.693. The fraction of sp³-hybridized carbons (Fsp3) is 0.250. The van der Waals surface area contributed by atoms with E-state index in [4.69, 9.17) is 5.73 Å². The lowest BCUT2D eigenvalue weighted by molar-refractivity contribution is -0.274. The predicted octanol–water partition coefficient (Wildman–Crippen LogP) is 3.39. The zero-order valence-corrected chi connectivity index (χ0v) is 16.7. The Kier molecular flexibility index (Phi) is 5.91. The molecular weight excluding hydrogens is 421 g/mol. The number of sulfone groups is 1. The van der Waals surface area contributed by atoms with E-state index in [-0.39, 0.29) is 11.4 Å². The van der Waals surface area contributed by atoms with Crippen molar-refractivity contribution >= 4 is 22.2 Å². The van der Waals surface area contributed by atoms with Crippen molar-refractivity contribution in [2.45, 2.75) is 36.1 Å². The van der Waals surface area contributed by atoms with E-state index in [2.05, 4.69) is 4.74 Å². The van der Waals surface area contributed by atoms with Gasteiger partial charge in [-0.1, -0.05) is 18.2 Å². The molecule has 1 aliphatic heterocycles. The molecule has 0 spiro atoms. The summed E-state index contributed by atoms with van der Waals surface area (Å²) in [6.07, 6.45) is -0.933. The molecule has 0 radical (unpaired) electrons. The summed E-state index contributed by atoms with van der Waals surface area (Å²) < 4.78 is 66.1. The van der Waals surface area contributed by atoms with E-state index in [1.807, 2.05) is 0 Å². The van der Waals surface area contributed by atoms with E-state index in [1.165, 1.54) is 37.3 Å². The molecule has 2 N–H and O–H groups in total. The maximum Gasteiger partial charge on any atom is 0.573 e. The number of nitrogens with two attached hydrogens (primary N) is 1. The standard InChI is InChI=1S/C20H19F3N2O4S/c1-13(24)30(27,28)17-4-2-3-14(9-17)11-25-8-7-15-5-6-16(29-20(21,22)23)10-18(15)19(25)12-26/h2-10,12-13,19H,11,24H2,1H3. The lowest BCUT2D eigenvalue weighted by Gasteiger charge is -2.32. The second kappa shape index (κ2) is 8.11. The second-order valence-corrected chi connectivity index (χ2v) is 9.11. The van der Waals surface area contributed by atoms with Gasteiger partial charge in [-0.15, -0.1) is 13.2 Å². The molecule has 2 atom stereocenters. The van der Waals surface area contributed by atoms with Gasteiger partial charge in [0.05, 0.1) is 4.90 Å². The Balaban J connectivity index is 1.90. The van der Waals surface area contributed by atoms with Crippen LogP contribution in [0.1, 0.15) is 29.7 Å². The van der Waals surface area contributed by atoms with Crippen molar-refractivity contribution in [1.82, 2.24) is 4.90 Å². The zero-order valence-electron chi connectivity index (χ0n) is 15.8. The van der Waals surface area contributed by atoms with Crippen molar-refractivity contribution in [2.75, 3.05) is 0 Å². The highest BCUT2D eigenvalue weighted by Crippen LogP contribution is 2.34. The summed E-state index contributed by atoms with van der Waals surface area (Å²) in [6.45, 7) is 1.53. The van der Waals surface area contributed by atoms with Crippen LogP contribution in [-0.2, 0) is 21.2 Å². The van der Waals surface area contributed by atoms with E-state index in [0.717, 1.165) is 0 Å². The van der Waals surface area contributed by atoms with Crippen molar-refractivity contribution < 1.29 is 31.1 Å². The number of benzene rings is 2. The van der Waals surface area contributed by atoms with Gasteiger partial charge in [0.15, 0.2) is 9.84 Å². The van der Waals surface area contributed by atoms with Crippen molar-refractivity contribution in [1.29, 1.82) is 0 Å². The predicted molar refractivity (Wildman–Crippen MR) is 104 cm³/mol. The molecule has 2 aromatic carbocycles. The summed E-state index contributed by atoms with van der Waals surface area (Å²) >= 11 is 0. The van der Waals surface area contributed by atoms with Crippen LogP contribution in [0.25, 0.3) is 6.08 Å². The number of aldehydes is 1. The smallest absolute Gasteiger partial charge is 0.406 e. The Morgan fingerprint density at radius 1 is 1.23 bits per heavy atom.